The lowest BCUT2D eigenvalue weighted by Crippen LogP contribution is -2.50. The maximum Gasteiger partial charge on any atom is 0.251 e. The van der Waals surface area contributed by atoms with Crippen LogP contribution in [-0.2, 0) is 16.1 Å². The predicted molar refractivity (Wildman–Crippen MR) is 147 cm³/mol. The number of nitrogens with one attached hydrogen (secondary N) is 1. The molecule has 3 aromatic carbocycles. The van der Waals surface area contributed by atoms with E-state index >= 15 is 0 Å². The van der Waals surface area contributed by atoms with Crippen LogP contribution in [0.15, 0.2) is 72.8 Å². The number of carbonyl (C=O) groups excluding carboxylic acids is 2. The lowest BCUT2D eigenvalue weighted by molar-refractivity contribution is -0.128. The Balaban J connectivity index is 1.77. The van der Waals surface area contributed by atoms with Crippen molar-refractivity contribution in [2.45, 2.75) is 45.8 Å². The van der Waals surface area contributed by atoms with Crippen molar-refractivity contribution in [1.29, 1.82) is 0 Å². The van der Waals surface area contributed by atoms with E-state index in [-0.39, 0.29) is 12.3 Å². The number of aromatic hydroxyl groups is 1. The van der Waals surface area contributed by atoms with Gasteiger partial charge in [0, 0.05) is 11.1 Å². The number of benzene rings is 3. The molecule has 0 aliphatic heterocycles. The van der Waals surface area contributed by atoms with E-state index in [1.54, 1.807) is 36.4 Å². The first-order chi connectivity index (χ1) is 18.6. The minimum atomic E-state index is -1.09. The zero-order chi connectivity index (χ0) is 28.2. The second-order valence-corrected chi connectivity index (χ2v) is 10.2. The molecule has 1 heterocycles. The number of anilines is 1. The summed E-state index contributed by atoms with van der Waals surface area (Å²) in [5, 5.41) is 25.5. The number of methoxy groups -OCH3 is 1. The molecule has 39 heavy (non-hydrogen) atoms. The first-order valence-corrected chi connectivity index (χ1v) is 12.5. The zero-order valence-electron chi connectivity index (χ0n) is 22.6. The van der Waals surface area contributed by atoms with Crippen LogP contribution in [0.5, 0.6) is 11.5 Å². The first-order valence-electron chi connectivity index (χ1n) is 12.5. The molecule has 10 nitrogen and oxygen atoms in total. The Bertz CT molecular complexity index is 1440. The van der Waals surface area contributed by atoms with Crippen LogP contribution >= 0.6 is 0 Å². The number of amides is 2. The van der Waals surface area contributed by atoms with Gasteiger partial charge in [-0.15, -0.1) is 10.2 Å². The summed E-state index contributed by atoms with van der Waals surface area (Å²) in [6.45, 7) is 7.29. The summed E-state index contributed by atoms with van der Waals surface area (Å²) in [5.41, 5.74) is 2.19. The number of hydrogen-bond acceptors (Lipinski definition) is 7. The molecule has 0 radical (unpaired) electrons. The van der Waals surface area contributed by atoms with E-state index in [0.717, 1.165) is 11.1 Å². The average Bonchev–Trinajstić information content (AvgIpc) is 3.35. The highest BCUT2D eigenvalue weighted by Gasteiger charge is 2.36. The van der Waals surface area contributed by atoms with E-state index in [1.807, 2.05) is 52.0 Å². The molecule has 0 saturated carbocycles. The molecule has 0 saturated heterocycles. The quantitative estimate of drug-likeness (QED) is 0.354. The number of hydrogen-bond donors (Lipinski definition) is 2. The van der Waals surface area contributed by atoms with Crippen molar-refractivity contribution in [3.05, 3.63) is 83.9 Å². The van der Waals surface area contributed by atoms with Crippen molar-refractivity contribution in [2.24, 2.45) is 0 Å². The van der Waals surface area contributed by atoms with Crippen LogP contribution < -0.4 is 15.0 Å². The van der Waals surface area contributed by atoms with E-state index < -0.39 is 23.4 Å². The molecule has 2 amide bonds. The SMILES string of the molecule is COc1ccccc1N(C(=O)Cn1nnc(-c2ccc(C)cc2)n1)[C@@H](C(=O)NC(C)(C)C)c1ccc(O)cc1. The van der Waals surface area contributed by atoms with Crippen molar-refractivity contribution in [2.75, 3.05) is 12.0 Å². The molecule has 1 atom stereocenters. The zero-order valence-corrected chi connectivity index (χ0v) is 22.6. The summed E-state index contributed by atoms with van der Waals surface area (Å²) in [6.07, 6.45) is 0. The van der Waals surface area contributed by atoms with E-state index in [2.05, 4.69) is 20.7 Å². The van der Waals surface area contributed by atoms with Crippen LogP contribution in [0, 0.1) is 6.92 Å². The van der Waals surface area contributed by atoms with Gasteiger partial charge in [-0.05, 0) is 62.7 Å². The van der Waals surface area contributed by atoms with Crippen LogP contribution in [0.1, 0.15) is 37.9 Å². The van der Waals surface area contributed by atoms with Crippen molar-refractivity contribution < 1.29 is 19.4 Å². The van der Waals surface area contributed by atoms with Gasteiger partial charge in [0.1, 0.15) is 24.1 Å². The van der Waals surface area contributed by atoms with Gasteiger partial charge in [0.05, 0.1) is 12.8 Å². The van der Waals surface area contributed by atoms with E-state index in [0.29, 0.717) is 22.8 Å². The fourth-order valence-electron chi connectivity index (χ4n) is 4.08. The third-order valence-corrected chi connectivity index (χ3v) is 5.87. The van der Waals surface area contributed by atoms with Crippen LogP contribution in [0.3, 0.4) is 0 Å². The maximum absolute atomic E-state index is 14.0. The van der Waals surface area contributed by atoms with Gasteiger partial charge in [0.25, 0.3) is 5.91 Å². The number of ether oxygens (including phenoxy) is 1. The van der Waals surface area contributed by atoms with Crippen molar-refractivity contribution in [1.82, 2.24) is 25.5 Å². The molecule has 0 fully saturated rings. The van der Waals surface area contributed by atoms with Crippen molar-refractivity contribution >= 4 is 17.5 Å². The topological polar surface area (TPSA) is 122 Å². The van der Waals surface area contributed by atoms with Gasteiger partial charge < -0.3 is 15.2 Å². The molecule has 2 N–H and O–H groups in total. The average molecular weight is 529 g/mol. The normalized spacial score (nSPS) is 12.0. The van der Waals surface area contributed by atoms with Gasteiger partial charge in [-0.25, -0.2) is 0 Å². The monoisotopic (exact) mass is 528 g/mol. The highest BCUT2D eigenvalue weighted by molar-refractivity contribution is 6.02. The summed E-state index contributed by atoms with van der Waals surface area (Å²) in [6, 6.07) is 19.7. The van der Waals surface area contributed by atoms with Gasteiger partial charge in [-0.1, -0.05) is 54.1 Å². The summed E-state index contributed by atoms with van der Waals surface area (Å²) in [5.74, 6) is -0.0366. The van der Waals surface area contributed by atoms with Crippen LogP contribution in [0.2, 0.25) is 0 Å². The van der Waals surface area contributed by atoms with Gasteiger partial charge in [-0.2, -0.15) is 4.80 Å². The minimum Gasteiger partial charge on any atom is -0.508 e. The van der Waals surface area contributed by atoms with E-state index in [4.69, 9.17) is 4.74 Å². The van der Waals surface area contributed by atoms with Gasteiger partial charge in [0.2, 0.25) is 11.7 Å². The largest absolute Gasteiger partial charge is 0.508 e. The highest BCUT2D eigenvalue weighted by atomic mass is 16.5. The summed E-state index contributed by atoms with van der Waals surface area (Å²) >= 11 is 0. The van der Waals surface area contributed by atoms with E-state index in [1.165, 1.54) is 28.9 Å². The van der Waals surface area contributed by atoms with Crippen LogP contribution in [-0.4, -0.2) is 49.8 Å². The summed E-state index contributed by atoms with van der Waals surface area (Å²) < 4.78 is 5.57. The Morgan fingerprint density at radius 2 is 1.69 bits per heavy atom. The molecule has 4 aromatic rings. The Labute approximate surface area is 227 Å². The summed E-state index contributed by atoms with van der Waals surface area (Å²) in [4.78, 5) is 30.4. The fourth-order valence-corrected chi connectivity index (χ4v) is 4.08. The molecule has 10 heteroatoms. The summed E-state index contributed by atoms with van der Waals surface area (Å²) in [7, 11) is 1.50. The molecule has 0 spiro atoms. The van der Waals surface area contributed by atoms with Crippen molar-refractivity contribution in [3.63, 3.8) is 0 Å². The number of nitrogens with zero attached hydrogens (tertiary/aromatic N) is 5. The van der Waals surface area contributed by atoms with Crippen molar-refractivity contribution in [3.8, 4) is 22.9 Å². The molecule has 0 bridgehead atoms. The number of carbonyl (C=O) groups is 2. The maximum atomic E-state index is 14.0. The molecule has 0 aliphatic carbocycles. The number of phenols is 1. The Morgan fingerprint density at radius 3 is 2.33 bits per heavy atom. The highest BCUT2D eigenvalue weighted by Crippen LogP contribution is 2.36. The fraction of sp³-hybridized carbons (Fsp3) is 0.276. The molecule has 202 valence electrons. The molecule has 0 unspecified atom stereocenters. The molecular weight excluding hydrogens is 496 g/mol. The second-order valence-electron chi connectivity index (χ2n) is 10.2. The third kappa shape index (κ3) is 6.59. The van der Waals surface area contributed by atoms with Gasteiger partial charge >= 0.3 is 0 Å². The lowest BCUT2D eigenvalue weighted by Gasteiger charge is -2.34. The standard InChI is InChI=1S/C29H32N6O4/c1-19-10-12-21(13-11-19)27-31-33-34(32-27)18-25(37)35(23-8-6-7-9-24(23)39-5)26(28(38)30-29(2,3)4)20-14-16-22(36)17-15-20/h6-17,26,36H,18H2,1-5H3,(H,30,38)/t26-/m1/s1. The Kier molecular flexibility index (Phi) is 7.94. The number of para-hydroxylation sites is 2. The smallest absolute Gasteiger partial charge is 0.251 e. The van der Waals surface area contributed by atoms with Crippen LogP contribution in [0.4, 0.5) is 5.69 Å². The van der Waals surface area contributed by atoms with Crippen LogP contribution in [0.25, 0.3) is 11.4 Å². The number of aryl methyl sites for hydroxylation is 1. The first kappa shape index (κ1) is 27.3. The molecule has 0 aliphatic rings. The number of tetrazole rings is 1. The molecule has 4 rings (SSSR count). The van der Waals surface area contributed by atoms with E-state index in [9.17, 15) is 14.7 Å². The molecular formula is C29H32N6O4. The van der Waals surface area contributed by atoms with Gasteiger partial charge in [-0.3, -0.25) is 14.5 Å². The van der Waals surface area contributed by atoms with Gasteiger partial charge in [0.15, 0.2) is 0 Å². The number of rotatable bonds is 8. The predicted octanol–water partition coefficient (Wildman–Crippen LogP) is 4.05. The number of aromatic nitrogens is 4. The molecule has 1 aromatic heterocycles. The third-order valence-electron chi connectivity index (χ3n) is 5.87. The number of phenolic OH excluding ortho intramolecular Hbond substituents is 1. The minimum absolute atomic E-state index is 0.0411. The Hall–Kier alpha value is -4.73. The lowest BCUT2D eigenvalue weighted by atomic mass is 10.0. The Morgan fingerprint density at radius 1 is 1.03 bits per heavy atom. The second kappa shape index (κ2) is 11.3.